The van der Waals surface area contributed by atoms with Crippen LogP contribution in [0, 0.1) is 0 Å². The number of fused-ring (bicyclic) bond motifs is 1. The molecule has 10 heteroatoms. The summed E-state index contributed by atoms with van der Waals surface area (Å²) in [5.41, 5.74) is 10.9. The van der Waals surface area contributed by atoms with E-state index in [1.54, 1.807) is 10.8 Å². The lowest BCUT2D eigenvalue weighted by Gasteiger charge is -2.06. The van der Waals surface area contributed by atoms with Gasteiger partial charge in [0, 0.05) is 4.47 Å². The number of carbonyl (C=O) groups is 1. The van der Waals surface area contributed by atoms with Crippen molar-refractivity contribution in [2.24, 2.45) is 5.10 Å². The average Bonchev–Trinajstić information content (AvgIpc) is 3.25. The first-order chi connectivity index (χ1) is 13.6. The van der Waals surface area contributed by atoms with Crippen molar-refractivity contribution in [1.29, 1.82) is 0 Å². The van der Waals surface area contributed by atoms with Gasteiger partial charge in [0.15, 0.2) is 17.3 Å². The summed E-state index contributed by atoms with van der Waals surface area (Å²) in [5.74, 6) is 0.168. The fourth-order valence-electron chi connectivity index (χ4n) is 2.71. The van der Waals surface area contributed by atoms with Crippen molar-refractivity contribution >= 4 is 44.9 Å². The van der Waals surface area contributed by atoms with Gasteiger partial charge in [-0.2, -0.15) is 5.10 Å². The van der Waals surface area contributed by atoms with Gasteiger partial charge in [-0.05, 0) is 40.1 Å². The van der Waals surface area contributed by atoms with Gasteiger partial charge >= 0.3 is 0 Å². The minimum absolute atomic E-state index is 0.0298. The molecule has 0 atom stereocenters. The molecule has 4 aromatic rings. The van der Waals surface area contributed by atoms with Crippen LogP contribution in [0.4, 0.5) is 5.82 Å². The van der Waals surface area contributed by atoms with Crippen LogP contribution in [0.5, 0.6) is 0 Å². The van der Waals surface area contributed by atoms with E-state index in [2.05, 4.69) is 46.4 Å². The molecule has 1 amide bonds. The van der Waals surface area contributed by atoms with Gasteiger partial charge < -0.3 is 10.3 Å². The molecule has 0 aliphatic heterocycles. The molecule has 0 fully saturated rings. The van der Waals surface area contributed by atoms with Crippen molar-refractivity contribution in [2.75, 3.05) is 5.73 Å². The lowest BCUT2D eigenvalue weighted by atomic mass is 10.2. The molecule has 3 N–H and O–H groups in total. The molecule has 0 aliphatic rings. The summed E-state index contributed by atoms with van der Waals surface area (Å²) >= 11 is 3.39. The fourth-order valence-corrected chi connectivity index (χ4v) is 3.13. The Morgan fingerprint density at radius 2 is 2.11 bits per heavy atom. The second kappa shape index (κ2) is 7.61. The number of nitrogens with two attached hydrogens (primary N) is 1. The highest BCUT2D eigenvalue weighted by Gasteiger charge is 2.20. The number of hydrogen-bond acceptors (Lipinski definition) is 7. The number of anilines is 1. The summed E-state index contributed by atoms with van der Waals surface area (Å²) in [6.45, 7) is -0.0298. The summed E-state index contributed by atoms with van der Waals surface area (Å²) in [7, 11) is 0. The molecule has 0 aliphatic carbocycles. The Labute approximate surface area is 167 Å². The first-order valence-corrected chi connectivity index (χ1v) is 9.02. The third-order valence-corrected chi connectivity index (χ3v) is 4.43. The topological polar surface area (TPSA) is 124 Å². The number of nitrogen functional groups attached to an aromatic ring is 1. The maximum atomic E-state index is 12.4. The predicted octanol–water partition coefficient (Wildman–Crippen LogP) is 2.58. The highest BCUT2D eigenvalue weighted by molar-refractivity contribution is 9.10. The molecule has 0 saturated carbocycles. The zero-order chi connectivity index (χ0) is 19.5. The van der Waals surface area contributed by atoms with E-state index in [0.29, 0.717) is 11.3 Å². The molecule has 0 bridgehead atoms. The van der Waals surface area contributed by atoms with Gasteiger partial charge in [-0.1, -0.05) is 40.2 Å². The van der Waals surface area contributed by atoms with Crippen molar-refractivity contribution < 1.29 is 9.42 Å². The van der Waals surface area contributed by atoms with E-state index < -0.39 is 0 Å². The molecular weight excluding hydrogens is 426 g/mol. The number of para-hydroxylation sites is 2. The minimum atomic E-state index is -0.328. The van der Waals surface area contributed by atoms with Crippen LogP contribution in [-0.2, 0) is 11.3 Å². The molecule has 0 spiro atoms. The van der Waals surface area contributed by atoms with E-state index in [4.69, 9.17) is 5.73 Å². The Morgan fingerprint density at radius 1 is 1.25 bits per heavy atom. The lowest BCUT2D eigenvalue weighted by Crippen LogP contribution is -2.23. The van der Waals surface area contributed by atoms with Crippen LogP contribution < -0.4 is 11.2 Å². The maximum absolute atomic E-state index is 12.4. The fraction of sp³-hybridized carbons (Fsp3) is 0.0556. The van der Waals surface area contributed by atoms with Crippen molar-refractivity contribution in [2.45, 2.75) is 6.54 Å². The molecule has 2 heterocycles. The summed E-state index contributed by atoms with van der Waals surface area (Å²) < 4.78 is 7.29. The van der Waals surface area contributed by atoms with Crippen LogP contribution in [0.2, 0.25) is 0 Å². The van der Waals surface area contributed by atoms with Gasteiger partial charge in [0.05, 0.1) is 17.2 Å². The van der Waals surface area contributed by atoms with Gasteiger partial charge in [0.1, 0.15) is 6.54 Å². The summed E-state index contributed by atoms with van der Waals surface area (Å²) in [5, 5.41) is 11.4. The van der Waals surface area contributed by atoms with Crippen LogP contribution in [0.1, 0.15) is 5.56 Å². The van der Waals surface area contributed by atoms with Crippen LogP contribution in [0.25, 0.3) is 22.6 Å². The minimum Gasteiger partial charge on any atom is -0.379 e. The van der Waals surface area contributed by atoms with Gasteiger partial charge in [0.2, 0.25) is 0 Å². The molecule has 2 aromatic carbocycles. The van der Waals surface area contributed by atoms with E-state index in [0.717, 1.165) is 15.6 Å². The number of benzene rings is 2. The lowest BCUT2D eigenvalue weighted by molar-refractivity contribution is -0.121. The van der Waals surface area contributed by atoms with Crippen LogP contribution in [0.15, 0.2) is 62.7 Å². The molecule has 140 valence electrons. The SMILES string of the molecule is Nc1nonc1-c1nc2ccccc2n1CC(=O)NN=Cc1cccc(Br)c1. The largest absolute Gasteiger partial charge is 0.379 e. The third kappa shape index (κ3) is 3.62. The maximum Gasteiger partial charge on any atom is 0.260 e. The first-order valence-electron chi connectivity index (χ1n) is 8.23. The van der Waals surface area contributed by atoms with E-state index in [-0.39, 0.29) is 24.0 Å². The van der Waals surface area contributed by atoms with Crippen LogP contribution >= 0.6 is 15.9 Å². The molecule has 0 radical (unpaired) electrons. The Bertz CT molecular complexity index is 1180. The molecular formula is C18H14BrN7O2. The number of rotatable bonds is 5. The quantitative estimate of drug-likeness (QED) is 0.363. The normalized spacial score (nSPS) is 11.3. The van der Waals surface area contributed by atoms with Crippen LogP contribution in [0.3, 0.4) is 0 Å². The zero-order valence-electron chi connectivity index (χ0n) is 14.4. The standard InChI is InChI=1S/C18H14BrN7O2/c19-12-5-3-4-11(8-12)9-21-23-15(27)10-26-14-7-2-1-6-13(14)22-18(26)16-17(20)25-28-24-16/h1-9H,10H2,(H2,20,25)(H,23,27). The number of nitrogens with zero attached hydrogens (tertiary/aromatic N) is 5. The number of hydrogen-bond donors (Lipinski definition) is 2. The highest BCUT2D eigenvalue weighted by atomic mass is 79.9. The van der Waals surface area contributed by atoms with E-state index in [1.807, 2.05) is 48.5 Å². The monoisotopic (exact) mass is 439 g/mol. The molecule has 9 nitrogen and oxygen atoms in total. The van der Waals surface area contributed by atoms with Crippen molar-refractivity contribution in [3.8, 4) is 11.5 Å². The Morgan fingerprint density at radius 3 is 2.89 bits per heavy atom. The third-order valence-electron chi connectivity index (χ3n) is 3.93. The molecule has 0 unspecified atom stereocenters. The second-order valence-electron chi connectivity index (χ2n) is 5.86. The number of hydrazone groups is 1. The Hall–Kier alpha value is -3.53. The Kier molecular flexibility index (Phi) is 4.85. The van der Waals surface area contributed by atoms with Crippen molar-refractivity contribution in [3.63, 3.8) is 0 Å². The molecule has 4 rings (SSSR count). The average molecular weight is 440 g/mol. The predicted molar refractivity (Wildman–Crippen MR) is 107 cm³/mol. The zero-order valence-corrected chi connectivity index (χ0v) is 16.0. The van der Waals surface area contributed by atoms with E-state index in [1.165, 1.54) is 0 Å². The number of aromatic nitrogens is 4. The van der Waals surface area contributed by atoms with Crippen LogP contribution in [-0.4, -0.2) is 32.0 Å². The number of imidazole rings is 1. The number of carbonyl (C=O) groups excluding carboxylic acids is 1. The molecule has 0 saturated heterocycles. The van der Waals surface area contributed by atoms with Crippen molar-refractivity contribution in [3.05, 3.63) is 58.6 Å². The number of amides is 1. The smallest absolute Gasteiger partial charge is 0.260 e. The summed E-state index contributed by atoms with van der Waals surface area (Å²) in [4.78, 5) is 16.9. The first kappa shape index (κ1) is 17.9. The summed E-state index contributed by atoms with van der Waals surface area (Å²) in [6.07, 6.45) is 1.56. The number of nitrogens with one attached hydrogen (secondary N) is 1. The molecule has 28 heavy (non-hydrogen) atoms. The van der Waals surface area contributed by atoms with Gasteiger partial charge in [-0.15, -0.1) is 0 Å². The summed E-state index contributed by atoms with van der Waals surface area (Å²) in [6, 6.07) is 15.0. The molecule has 2 aromatic heterocycles. The van der Waals surface area contributed by atoms with Crippen molar-refractivity contribution in [1.82, 2.24) is 25.3 Å². The number of halogens is 1. The van der Waals surface area contributed by atoms with E-state index >= 15 is 0 Å². The van der Waals surface area contributed by atoms with Gasteiger partial charge in [-0.3, -0.25) is 4.79 Å². The Balaban J connectivity index is 1.58. The second-order valence-corrected chi connectivity index (χ2v) is 6.77. The van der Waals surface area contributed by atoms with Gasteiger partial charge in [-0.25, -0.2) is 15.0 Å². The highest BCUT2D eigenvalue weighted by Crippen LogP contribution is 2.26. The van der Waals surface area contributed by atoms with E-state index in [9.17, 15) is 4.79 Å². The van der Waals surface area contributed by atoms with Gasteiger partial charge in [0.25, 0.3) is 5.91 Å².